The minimum absolute atomic E-state index is 0.0840. The number of hydrogen-bond acceptors (Lipinski definition) is 5. The molecule has 0 unspecified atom stereocenters. The van der Waals surface area contributed by atoms with Gasteiger partial charge >= 0.3 is 0 Å². The number of amides is 1. The molecule has 4 rings (SSSR count). The Balaban J connectivity index is 1.72. The van der Waals surface area contributed by atoms with Crippen molar-refractivity contribution in [2.75, 3.05) is 19.0 Å². The summed E-state index contributed by atoms with van der Waals surface area (Å²) < 4.78 is 12.3. The molecule has 1 amide bonds. The van der Waals surface area contributed by atoms with E-state index in [0.29, 0.717) is 23.7 Å². The average Bonchev–Trinajstić information content (AvgIpc) is 3.20. The number of anilines is 1. The van der Waals surface area contributed by atoms with E-state index in [1.54, 1.807) is 24.5 Å². The van der Waals surface area contributed by atoms with Gasteiger partial charge in [0.15, 0.2) is 11.5 Å². The molecule has 5 nitrogen and oxygen atoms in total. The number of hydrogen-bond donors (Lipinski definition) is 1. The molecule has 0 aliphatic heterocycles. The highest BCUT2D eigenvalue weighted by Crippen LogP contribution is 2.40. The lowest BCUT2D eigenvalue weighted by molar-refractivity contribution is 0.102. The largest absolute Gasteiger partial charge is 0.493 e. The van der Waals surface area contributed by atoms with Crippen molar-refractivity contribution in [1.82, 2.24) is 0 Å². The molecule has 0 fully saturated rings. The number of fused-ring (bicyclic) bond motifs is 1. The van der Waals surface area contributed by atoms with Crippen LogP contribution in [0.3, 0.4) is 0 Å². The molecule has 0 spiro atoms. The van der Waals surface area contributed by atoms with E-state index in [-0.39, 0.29) is 5.91 Å². The lowest BCUT2D eigenvalue weighted by Gasteiger charge is -2.13. The maximum absolute atomic E-state index is 13.7. The molecule has 194 valence electrons. The molecule has 0 atom stereocenters. The Labute approximate surface area is 237 Å². The zero-order chi connectivity index (χ0) is 26.4. The van der Waals surface area contributed by atoms with E-state index in [1.807, 2.05) is 44.3 Å². The van der Waals surface area contributed by atoms with Crippen LogP contribution in [0.15, 0.2) is 48.0 Å². The fraction of sp³-hybridized carbons (Fsp3) is 0.333. The third kappa shape index (κ3) is 6.62. The van der Waals surface area contributed by atoms with E-state index in [0.717, 1.165) is 56.6 Å². The van der Waals surface area contributed by atoms with Crippen molar-refractivity contribution in [3.05, 3.63) is 79.3 Å². The molecule has 3 aromatic rings. The van der Waals surface area contributed by atoms with Gasteiger partial charge in [0.2, 0.25) is 0 Å². The molecule has 7 heteroatoms. The van der Waals surface area contributed by atoms with Crippen LogP contribution in [-0.4, -0.2) is 25.8 Å². The summed E-state index contributed by atoms with van der Waals surface area (Å²) in [5.41, 5.74) is 5.77. The maximum atomic E-state index is 13.7. The van der Waals surface area contributed by atoms with E-state index >= 15 is 0 Å². The predicted octanol–water partition coefficient (Wildman–Crippen LogP) is 8.20. The molecule has 1 heterocycles. The second-order valence-electron chi connectivity index (χ2n) is 9.26. The third-order valence-corrected chi connectivity index (χ3v) is 8.45. The molecule has 0 saturated heterocycles. The van der Waals surface area contributed by atoms with E-state index in [4.69, 9.17) is 14.5 Å². The molecule has 37 heavy (non-hydrogen) atoms. The first kappa shape index (κ1) is 27.4. The number of nitrogens with zero attached hydrogens (tertiary/aromatic N) is 1. The smallest absolute Gasteiger partial charge is 0.259 e. The number of methoxy groups -OCH3 is 1. The summed E-state index contributed by atoms with van der Waals surface area (Å²) >= 11 is 3.89. The fourth-order valence-corrected chi connectivity index (χ4v) is 6.53. The molecule has 0 radical (unpaired) electrons. The zero-order valence-corrected chi connectivity index (χ0v) is 24.6. The van der Waals surface area contributed by atoms with Gasteiger partial charge in [0.25, 0.3) is 5.91 Å². The van der Waals surface area contributed by atoms with Crippen molar-refractivity contribution in [2.24, 2.45) is 4.99 Å². The van der Waals surface area contributed by atoms with E-state index < -0.39 is 0 Å². The molecular weight excluding hydrogens is 595 g/mol. The first-order chi connectivity index (χ1) is 17.9. The van der Waals surface area contributed by atoms with E-state index in [9.17, 15) is 4.79 Å². The summed E-state index contributed by atoms with van der Waals surface area (Å²) in [5, 5.41) is 3.94. The second kappa shape index (κ2) is 12.7. The Kier molecular flexibility index (Phi) is 9.43. The highest BCUT2D eigenvalue weighted by Gasteiger charge is 2.24. The number of nitrogens with one attached hydrogen (secondary N) is 1. The highest BCUT2D eigenvalue weighted by molar-refractivity contribution is 14.1. The number of aliphatic imine (C=N–C) groups is 1. The molecule has 1 aliphatic rings. The van der Waals surface area contributed by atoms with Gasteiger partial charge in [-0.15, -0.1) is 11.3 Å². The molecule has 1 N–H and O–H groups in total. The molecule has 0 saturated carbocycles. The van der Waals surface area contributed by atoms with Crippen molar-refractivity contribution < 1.29 is 14.3 Å². The number of aryl methyl sites for hydroxylation is 3. The monoisotopic (exact) mass is 628 g/mol. The van der Waals surface area contributed by atoms with Gasteiger partial charge in [-0.2, -0.15) is 0 Å². The number of carbonyl (C=O) groups excluding carboxylic acids is 1. The van der Waals surface area contributed by atoms with Crippen molar-refractivity contribution >= 4 is 56.7 Å². The Morgan fingerprint density at radius 1 is 1.16 bits per heavy atom. The lowest BCUT2D eigenvalue weighted by Crippen LogP contribution is -2.15. The molecule has 1 aliphatic carbocycles. The highest BCUT2D eigenvalue weighted by atomic mass is 127. The van der Waals surface area contributed by atoms with Crippen molar-refractivity contribution in [3.8, 4) is 11.5 Å². The van der Waals surface area contributed by atoms with Gasteiger partial charge in [0.1, 0.15) is 11.6 Å². The van der Waals surface area contributed by atoms with Crippen LogP contribution >= 0.6 is 33.9 Å². The number of halogens is 1. The van der Waals surface area contributed by atoms with Crippen LogP contribution in [-0.2, 0) is 12.8 Å². The number of rotatable bonds is 8. The van der Waals surface area contributed by atoms with Gasteiger partial charge in [-0.3, -0.25) is 4.79 Å². The van der Waals surface area contributed by atoms with Crippen LogP contribution in [0.1, 0.15) is 63.2 Å². The summed E-state index contributed by atoms with van der Waals surface area (Å²) in [6.45, 7) is 8.17. The minimum Gasteiger partial charge on any atom is -0.493 e. The van der Waals surface area contributed by atoms with Crippen LogP contribution in [0.25, 0.3) is 0 Å². The van der Waals surface area contributed by atoms with Crippen LogP contribution in [0.4, 0.5) is 10.7 Å². The number of ether oxygens (including phenoxy) is 2. The summed E-state index contributed by atoms with van der Waals surface area (Å²) in [4.78, 5) is 19.9. The van der Waals surface area contributed by atoms with Crippen molar-refractivity contribution in [1.29, 1.82) is 0 Å². The number of benzene rings is 2. The Bertz CT molecular complexity index is 1330. The Morgan fingerprint density at radius 3 is 2.70 bits per heavy atom. The van der Waals surface area contributed by atoms with E-state index in [1.165, 1.54) is 23.3 Å². The average molecular weight is 629 g/mol. The van der Waals surface area contributed by atoms with Gasteiger partial charge in [0, 0.05) is 16.8 Å². The SMILES string of the molecule is C=CCOc1c(I)cc(C=Nc2sc3c(c2C(=O)Nc2cc(C)ccc2C)CCCCCC3)cc1OC. The van der Waals surface area contributed by atoms with Gasteiger partial charge in [-0.05, 0) is 103 Å². The molecule has 2 aromatic carbocycles. The number of thiophene rings is 1. The van der Waals surface area contributed by atoms with Gasteiger partial charge in [0.05, 0.1) is 16.2 Å². The summed E-state index contributed by atoms with van der Waals surface area (Å²) in [7, 11) is 1.63. The lowest BCUT2D eigenvalue weighted by atomic mass is 9.96. The van der Waals surface area contributed by atoms with Gasteiger partial charge in [-0.1, -0.05) is 37.6 Å². The van der Waals surface area contributed by atoms with Gasteiger partial charge in [-0.25, -0.2) is 4.99 Å². The molecule has 1 aromatic heterocycles. The van der Waals surface area contributed by atoms with Crippen LogP contribution in [0.2, 0.25) is 0 Å². The Morgan fingerprint density at radius 2 is 1.95 bits per heavy atom. The fourth-order valence-electron chi connectivity index (χ4n) is 4.52. The van der Waals surface area contributed by atoms with Crippen molar-refractivity contribution in [2.45, 2.75) is 52.4 Å². The predicted molar refractivity (Wildman–Crippen MR) is 163 cm³/mol. The summed E-state index contributed by atoms with van der Waals surface area (Å²) in [6, 6.07) is 10.0. The van der Waals surface area contributed by atoms with Crippen molar-refractivity contribution in [3.63, 3.8) is 0 Å². The van der Waals surface area contributed by atoms with E-state index in [2.05, 4.69) is 40.6 Å². The van der Waals surface area contributed by atoms with Crippen LogP contribution in [0.5, 0.6) is 11.5 Å². The normalized spacial score (nSPS) is 13.5. The number of carbonyl (C=O) groups is 1. The first-order valence-corrected chi connectivity index (χ1v) is 14.5. The zero-order valence-electron chi connectivity index (χ0n) is 21.7. The van der Waals surface area contributed by atoms with Crippen LogP contribution < -0.4 is 14.8 Å². The molecular formula is C30H33IN2O3S. The topological polar surface area (TPSA) is 59.9 Å². The summed E-state index contributed by atoms with van der Waals surface area (Å²) in [5.74, 6) is 1.24. The third-order valence-electron chi connectivity index (χ3n) is 6.45. The second-order valence-corrected chi connectivity index (χ2v) is 11.5. The van der Waals surface area contributed by atoms with Crippen LogP contribution in [0, 0.1) is 17.4 Å². The maximum Gasteiger partial charge on any atom is 0.259 e. The molecule has 0 bridgehead atoms. The minimum atomic E-state index is -0.0840. The summed E-state index contributed by atoms with van der Waals surface area (Å²) in [6.07, 6.45) is 10.1. The Hall–Kier alpha value is -2.65. The standard InChI is InChI=1S/C30H33IN2O3S/c1-5-14-36-28-23(31)16-21(17-25(28)35-4)18-32-30-27(22-10-8-6-7-9-11-26(22)37-30)29(34)33-24-15-19(2)12-13-20(24)3/h5,12-13,15-18H,1,6-11,14H2,2-4H3,(H,33,34). The quantitative estimate of drug-likeness (QED) is 0.155. The van der Waals surface area contributed by atoms with Gasteiger partial charge < -0.3 is 14.8 Å². The first-order valence-electron chi connectivity index (χ1n) is 12.6.